The summed E-state index contributed by atoms with van der Waals surface area (Å²) in [6.07, 6.45) is -0.0524. The first kappa shape index (κ1) is 14.0. The Balaban J connectivity index is 2.10. The van der Waals surface area contributed by atoms with Gasteiger partial charge in [0.15, 0.2) is 0 Å². The fraction of sp³-hybridized carbons (Fsp3) is 0.385. The average molecular weight is 297 g/mol. The lowest BCUT2D eigenvalue weighted by molar-refractivity contribution is -0.137. The summed E-state index contributed by atoms with van der Waals surface area (Å²) in [7, 11) is 0. The van der Waals surface area contributed by atoms with Gasteiger partial charge in [-0.1, -0.05) is 13.8 Å². The zero-order valence-electron chi connectivity index (χ0n) is 10.7. The molecule has 6 heteroatoms. The first-order valence-corrected chi connectivity index (χ1v) is 7.66. The first-order valence-electron chi connectivity index (χ1n) is 5.97. The van der Waals surface area contributed by atoms with E-state index in [2.05, 4.69) is 5.32 Å². The first-order chi connectivity index (χ1) is 8.97. The van der Waals surface area contributed by atoms with Gasteiger partial charge < -0.3 is 10.4 Å². The van der Waals surface area contributed by atoms with Crippen molar-refractivity contribution in [2.75, 3.05) is 0 Å². The minimum absolute atomic E-state index is 0.0524. The summed E-state index contributed by atoms with van der Waals surface area (Å²) in [5, 5.41) is 13.7. The number of nitrogens with one attached hydrogen (secondary N) is 1. The average Bonchev–Trinajstić information content (AvgIpc) is 2.86. The largest absolute Gasteiger partial charge is 0.481 e. The zero-order chi connectivity index (χ0) is 14.0. The number of carboxylic acid groups (broad SMARTS) is 1. The highest BCUT2D eigenvalue weighted by molar-refractivity contribution is 7.27. The molecular formula is C13H15NO3S2. The van der Waals surface area contributed by atoms with E-state index in [1.165, 1.54) is 11.3 Å². The molecule has 19 heavy (non-hydrogen) atoms. The molecule has 2 N–H and O–H groups in total. The minimum atomic E-state index is -0.897. The molecular weight excluding hydrogens is 282 g/mol. The molecule has 0 aromatic carbocycles. The van der Waals surface area contributed by atoms with Gasteiger partial charge in [-0.2, -0.15) is 0 Å². The number of hydrogen-bond donors (Lipinski definition) is 2. The summed E-state index contributed by atoms with van der Waals surface area (Å²) < 4.78 is 2.18. The second-order valence-corrected chi connectivity index (χ2v) is 6.71. The van der Waals surface area contributed by atoms with Gasteiger partial charge >= 0.3 is 5.97 Å². The van der Waals surface area contributed by atoms with Gasteiger partial charge in [0.25, 0.3) is 5.91 Å². The van der Waals surface area contributed by atoms with E-state index in [1.54, 1.807) is 11.3 Å². The number of aliphatic carboxylic acids is 1. The maximum Gasteiger partial charge on any atom is 0.305 e. The Morgan fingerprint density at radius 3 is 2.68 bits per heavy atom. The molecule has 2 aromatic rings. The van der Waals surface area contributed by atoms with Crippen LogP contribution in [0.2, 0.25) is 0 Å². The fourth-order valence-electron chi connectivity index (χ4n) is 1.76. The maximum absolute atomic E-state index is 12.1. The van der Waals surface area contributed by atoms with E-state index in [9.17, 15) is 9.59 Å². The molecule has 2 aromatic heterocycles. The molecule has 2 rings (SSSR count). The molecule has 0 spiro atoms. The van der Waals surface area contributed by atoms with Gasteiger partial charge in [-0.25, -0.2) is 0 Å². The smallest absolute Gasteiger partial charge is 0.305 e. The van der Waals surface area contributed by atoms with E-state index in [4.69, 9.17) is 5.11 Å². The lowest BCUT2D eigenvalue weighted by Gasteiger charge is -2.20. The Morgan fingerprint density at radius 1 is 1.37 bits per heavy atom. The number of amides is 1. The van der Waals surface area contributed by atoms with Gasteiger partial charge in [0.05, 0.1) is 11.3 Å². The van der Waals surface area contributed by atoms with Crippen molar-refractivity contribution in [3.05, 3.63) is 22.4 Å². The molecule has 0 aliphatic carbocycles. The highest BCUT2D eigenvalue weighted by Crippen LogP contribution is 2.30. The van der Waals surface area contributed by atoms with Crippen LogP contribution in [0.25, 0.3) is 9.40 Å². The number of carboxylic acids is 1. The summed E-state index contributed by atoms with van der Waals surface area (Å²) in [6, 6.07) is 3.50. The van der Waals surface area contributed by atoms with Crippen LogP contribution in [0.3, 0.4) is 0 Å². The number of carbonyl (C=O) groups is 2. The zero-order valence-corrected chi connectivity index (χ0v) is 12.3. The molecule has 102 valence electrons. The number of thiophene rings is 2. The SMILES string of the molecule is CC(C)C(CC(=O)O)NC(=O)c1cc2sccc2s1. The van der Waals surface area contributed by atoms with Crippen LogP contribution in [-0.2, 0) is 4.79 Å². The lowest BCUT2D eigenvalue weighted by Crippen LogP contribution is -2.39. The molecule has 0 fully saturated rings. The number of rotatable bonds is 5. The van der Waals surface area contributed by atoms with E-state index >= 15 is 0 Å². The molecule has 4 nitrogen and oxygen atoms in total. The summed E-state index contributed by atoms with van der Waals surface area (Å²) in [5.74, 6) is -0.999. The predicted octanol–water partition coefficient (Wildman–Crippen LogP) is 3.19. The van der Waals surface area contributed by atoms with Crippen molar-refractivity contribution in [1.29, 1.82) is 0 Å². The quantitative estimate of drug-likeness (QED) is 0.890. The third-order valence-corrected chi connectivity index (χ3v) is 4.97. The van der Waals surface area contributed by atoms with E-state index in [1.807, 2.05) is 31.4 Å². The molecule has 0 aliphatic rings. The predicted molar refractivity (Wildman–Crippen MR) is 78.0 cm³/mol. The van der Waals surface area contributed by atoms with Crippen molar-refractivity contribution < 1.29 is 14.7 Å². The van der Waals surface area contributed by atoms with Gasteiger partial charge in [-0.3, -0.25) is 9.59 Å². The van der Waals surface area contributed by atoms with Crippen molar-refractivity contribution in [2.24, 2.45) is 5.92 Å². The van der Waals surface area contributed by atoms with Gasteiger partial charge in [-0.05, 0) is 23.4 Å². The molecule has 0 bridgehead atoms. The third kappa shape index (κ3) is 3.33. The van der Waals surface area contributed by atoms with Crippen molar-refractivity contribution in [3.63, 3.8) is 0 Å². The third-order valence-electron chi connectivity index (χ3n) is 2.88. The highest BCUT2D eigenvalue weighted by atomic mass is 32.1. The molecule has 2 heterocycles. The molecule has 1 unspecified atom stereocenters. The van der Waals surface area contributed by atoms with Crippen molar-refractivity contribution in [2.45, 2.75) is 26.3 Å². The highest BCUT2D eigenvalue weighted by Gasteiger charge is 2.21. The van der Waals surface area contributed by atoms with E-state index in [0.29, 0.717) is 4.88 Å². The number of fused-ring (bicyclic) bond motifs is 1. The molecule has 0 aliphatic heterocycles. The van der Waals surface area contributed by atoms with Crippen LogP contribution in [0.15, 0.2) is 17.5 Å². The van der Waals surface area contributed by atoms with E-state index < -0.39 is 5.97 Å². The van der Waals surface area contributed by atoms with Crippen LogP contribution in [0.4, 0.5) is 0 Å². The van der Waals surface area contributed by atoms with Crippen LogP contribution in [0.5, 0.6) is 0 Å². The van der Waals surface area contributed by atoms with Crippen LogP contribution < -0.4 is 5.32 Å². The topological polar surface area (TPSA) is 66.4 Å². The van der Waals surface area contributed by atoms with Gasteiger partial charge in [0.2, 0.25) is 0 Å². The Kier molecular flexibility index (Phi) is 4.21. The maximum atomic E-state index is 12.1. The molecule has 1 amide bonds. The monoisotopic (exact) mass is 297 g/mol. The number of hydrogen-bond acceptors (Lipinski definition) is 4. The summed E-state index contributed by atoms with van der Waals surface area (Å²) in [4.78, 5) is 23.5. The van der Waals surface area contributed by atoms with E-state index in [-0.39, 0.29) is 24.3 Å². The Bertz CT molecular complexity index is 571. The van der Waals surface area contributed by atoms with Crippen molar-refractivity contribution >= 4 is 43.9 Å². The van der Waals surface area contributed by atoms with Crippen LogP contribution >= 0.6 is 22.7 Å². The second-order valence-electron chi connectivity index (χ2n) is 4.68. The fourth-order valence-corrected chi connectivity index (χ4v) is 3.77. The molecule has 0 radical (unpaired) electrons. The van der Waals surface area contributed by atoms with Crippen molar-refractivity contribution in [1.82, 2.24) is 5.32 Å². The van der Waals surface area contributed by atoms with Gasteiger partial charge in [0.1, 0.15) is 0 Å². The Labute approximate surface area is 119 Å². The standard InChI is InChI=1S/C13H15NO3S2/c1-7(2)8(5-12(15)16)14-13(17)11-6-10-9(19-11)3-4-18-10/h3-4,6-8H,5H2,1-2H3,(H,14,17)(H,15,16). The molecule has 0 saturated heterocycles. The van der Waals surface area contributed by atoms with Crippen LogP contribution in [0, 0.1) is 5.92 Å². The summed E-state index contributed by atoms with van der Waals surface area (Å²) in [6.45, 7) is 3.81. The van der Waals surface area contributed by atoms with Crippen LogP contribution in [0.1, 0.15) is 29.9 Å². The van der Waals surface area contributed by atoms with Gasteiger partial charge in [0, 0.05) is 15.4 Å². The van der Waals surface area contributed by atoms with Crippen LogP contribution in [-0.4, -0.2) is 23.0 Å². The lowest BCUT2D eigenvalue weighted by atomic mass is 10.0. The van der Waals surface area contributed by atoms with E-state index in [0.717, 1.165) is 9.40 Å². The number of carbonyl (C=O) groups excluding carboxylic acids is 1. The minimum Gasteiger partial charge on any atom is -0.481 e. The normalized spacial score (nSPS) is 12.8. The summed E-state index contributed by atoms with van der Waals surface area (Å²) in [5.41, 5.74) is 0. The Hall–Kier alpha value is -1.40. The van der Waals surface area contributed by atoms with Gasteiger partial charge in [-0.15, -0.1) is 22.7 Å². The van der Waals surface area contributed by atoms with Crippen molar-refractivity contribution in [3.8, 4) is 0 Å². The summed E-state index contributed by atoms with van der Waals surface area (Å²) >= 11 is 3.03. The second kappa shape index (κ2) is 5.71. The molecule has 0 saturated carbocycles. The Morgan fingerprint density at radius 2 is 2.11 bits per heavy atom. The molecule has 1 atom stereocenters.